The highest BCUT2D eigenvalue weighted by Gasteiger charge is 2.32. The average molecular weight is 628 g/mol. The molecule has 2 heterocycles. The summed E-state index contributed by atoms with van der Waals surface area (Å²) < 4.78 is 17.8. The maximum absolute atomic E-state index is 12.1. The van der Waals surface area contributed by atoms with E-state index in [-0.39, 0.29) is 32.0 Å². The second kappa shape index (κ2) is 16.2. The normalized spacial score (nSPS) is 17.8. The number of pyridine rings is 1. The van der Waals surface area contributed by atoms with Gasteiger partial charge in [0.2, 0.25) is 0 Å². The van der Waals surface area contributed by atoms with Gasteiger partial charge in [-0.2, -0.15) is 0 Å². The van der Waals surface area contributed by atoms with Crippen molar-refractivity contribution in [3.05, 3.63) is 119 Å². The molecule has 1 fully saturated rings. The quantitative estimate of drug-likeness (QED) is 0.130. The number of aromatic nitrogens is 1. The molecule has 0 spiro atoms. The Morgan fingerprint density at radius 1 is 0.911 bits per heavy atom. The summed E-state index contributed by atoms with van der Waals surface area (Å²) in [6.07, 6.45) is 1.73. The fraction of sp³-hybridized carbons (Fsp3) is 0.286. The number of urea groups is 1. The van der Waals surface area contributed by atoms with Crippen LogP contribution in [0.2, 0.25) is 0 Å². The van der Waals surface area contributed by atoms with Crippen molar-refractivity contribution in [2.45, 2.75) is 50.0 Å². The lowest BCUT2D eigenvalue weighted by atomic mass is 9.99. The van der Waals surface area contributed by atoms with E-state index in [0.29, 0.717) is 13.0 Å². The number of nitrogens with one attached hydrogen (secondary N) is 2. The molecule has 45 heavy (non-hydrogen) atoms. The van der Waals surface area contributed by atoms with Crippen molar-refractivity contribution in [3.8, 4) is 11.1 Å². The number of carbonyl (C=O) groups excluding carboxylic acids is 2. The number of rotatable bonds is 12. The Hall–Kier alpha value is -4.22. The lowest BCUT2D eigenvalue weighted by Gasteiger charge is -2.36. The minimum atomic E-state index is -0.548. The van der Waals surface area contributed by atoms with Crippen molar-refractivity contribution in [2.24, 2.45) is 0 Å². The highest BCUT2D eigenvalue weighted by Crippen LogP contribution is 2.39. The number of aliphatic hydroxyl groups excluding tert-OH is 1. The summed E-state index contributed by atoms with van der Waals surface area (Å²) in [5.41, 5.74) is 5.76. The summed E-state index contributed by atoms with van der Waals surface area (Å²) in [5, 5.41) is 15.7. The fourth-order valence-corrected chi connectivity index (χ4v) is 5.82. The van der Waals surface area contributed by atoms with Gasteiger partial charge >= 0.3 is 12.0 Å². The Morgan fingerprint density at radius 3 is 2.44 bits per heavy atom. The van der Waals surface area contributed by atoms with Crippen LogP contribution in [0.4, 0.5) is 4.79 Å². The van der Waals surface area contributed by atoms with Gasteiger partial charge in [-0.15, -0.1) is 11.8 Å². The fourth-order valence-electron chi connectivity index (χ4n) is 4.94. The van der Waals surface area contributed by atoms with Gasteiger partial charge in [0.25, 0.3) is 0 Å². The molecule has 1 saturated heterocycles. The molecule has 1 aliphatic rings. The molecule has 0 radical (unpaired) electrons. The summed E-state index contributed by atoms with van der Waals surface area (Å²) in [5.74, 6) is 0.259. The molecule has 3 N–H and O–H groups in total. The molecule has 0 bridgehead atoms. The number of benzene rings is 3. The maximum atomic E-state index is 12.1. The van der Waals surface area contributed by atoms with Crippen LogP contribution in [0.25, 0.3) is 11.1 Å². The molecule has 1 aliphatic heterocycles. The minimum Gasteiger partial charge on any atom is -0.465 e. The summed E-state index contributed by atoms with van der Waals surface area (Å²) >= 11 is 1.66. The summed E-state index contributed by atoms with van der Waals surface area (Å²) in [6, 6.07) is 29.4. The van der Waals surface area contributed by atoms with Crippen molar-refractivity contribution in [1.82, 2.24) is 15.6 Å². The third-order valence-corrected chi connectivity index (χ3v) is 8.34. The molecule has 10 heteroatoms. The molecule has 9 nitrogen and oxygen atoms in total. The Balaban J connectivity index is 1.25. The Kier molecular flexibility index (Phi) is 11.6. The van der Waals surface area contributed by atoms with Crippen molar-refractivity contribution in [1.29, 1.82) is 0 Å². The zero-order valence-corrected chi connectivity index (χ0v) is 25.9. The molecule has 0 saturated carbocycles. The van der Waals surface area contributed by atoms with E-state index in [1.807, 2.05) is 91.0 Å². The van der Waals surface area contributed by atoms with Crippen LogP contribution < -0.4 is 10.6 Å². The molecule has 4 aromatic rings. The maximum Gasteiger partial charge on any atom is 0.325 e. The first-order valence-electron chi connectivity index (χ1n) is 14.9. The van der Waals surface area contributed by atoms with Gasteiger partial charge in [-0.3, -0.25) is 4.79 Å². The van der Waals surface area contributed by atoms with Crippen molar-refractivity contribution in [2.75, 3.05) is 18.9 Å². The van der Waals surface area contributed by atoms with Crippen LogP contribution in [0.3, 0.4) is 0 Å². The van der Waals surface area contributed by atoms with Gasteiger partial charge in [0.1, 0.15) is 6.54 Å². The number of esters is 1. The third kappa shape index (κ3) is 9.39. The monoisotopic (exact) mass is 627 g/mol. The second-order valence-corrected chi connectivity index (χ2v) is 11.5. The van der Waals surface area contributed by atoms with Crippen LogP contribution >= 0.6 is 11.8 Å². The van der Waals surface area contributed by atoms with E-state index in [2.05, 4.69) is 15.6 Å². The van der Waals surface area contributed by atoms with Gasteiger partial charge in [0.15, 0.2) is 6.29 Å². The Morgan fingerprint density at radius 2 is 1.71 bits per heavy atom. The zero-order valence-electron chi connectivity index (χ0n) is 25.1. The number of nitrogens with zero attached hydrogens (tertiary/aromatic N) is 1. The SMILES string of the molecule is CCOC(=O)CNC(=O)NCc1cccc(-c2ccc(C3OC(CSc4ccccn4)CC(c4ccc(CO)cc4)O3)cc2)c1. The van der Waals surface area contributed by atoms with Crippen LogP contribution in [0, 0.1) is 0 Å². The van der Waals surface area contributed by atoms with Gasteiger partial charge in [0, 0.05) is 30.5 Å². The molecule has 1 aromatic heterocycles. The number of carbonyl (C=O) groups is 2. The number of hydrogen-bond acceptors (Lipinski definition) is 8. The van der Waals surface area contributed by atoms with Crippen LogP contribution in [-0.2, 0) is 32.2 Å². The van der Waals surface area contributed by atoms with Gasteiger partial charge in [0.05, 0.1) is 30.4 Å². The van der Waals surface area contributed by atoms with Crippen molar-refractivity contribution in [3.63, 3.8) is 0 Å². The van der Waals surface area contributed by atoms with Gasteiger partial charge in [-0.05, 0) is 52.9 Å². The first-order valence-corrected chi connectivity index (χ1v) is 15.9. The van der Waals surface area contributed by atoms with E-state index in [9.17, 15) is 14.7 Å². The van der Waals surface area contributed by atoms with Crippen LogP contribution in [0.15, 0.2) is 102 Å². The number of aliphatic hydroxyl groups is 1. The molecule has 0 aliphatic carbocycles. The topological polar surface area (TPSA) is 119 Å². The van der Waals surface area contributed by atoms with Crippen LogP contribution in [0.1, 0.15) is 48.0 Å². The number of amides is 2. The molecule has 234 valence electrons. The molecule has 5 rings (SSSR count). The first kappa shape index (κ1) is 32.2. The van der Waals surface area contributed by atoms with Crippen LogP contribution in [0.5, 0.6) is 0 Å². The molecule has 3 aromatic carbocycles. The highest BCUT2D eigenvalue weighted by molar-refractivity contribution is 7.99. The van der Waals surface area contributed by atoms with E-state index < -0.39 is 18.3 Å². The van der Waals surface area contributed by atoms with Gasteiger partial charge in [-0.25, -0.2) is 9.78 Å². The minimum absolute atomic E-state index is 0.000888. The Bertz CT molecular complexity index is 1540. The molecular formula is C35H37N3O6S. The molecular weight excluding hydrogens is 590 g/mol. The second-order valence-electron chi connectivity index (χ2n) is 10.5. The number of hydrogen-bond donors (Lipinski definition) is 3. The summed E-state index contributed by atoms with van der Waals surface area (Å²) in [7, 11) is 0. The molecule has 3 unspecified atom stereocenters. The Labute approximate surface area is 267 Å². The standard InChI is InChI=1S/C35H37N3O6S/c1-2-42-33(40)21-38-35(41)37-20-25-6-5-7-29(18-25)26-13-15-28(16-14-26)34-43-30(23-45-32-8-3-4-17-36-32)19-31(44-34)27-11-9-24(22-39)10-12-27/h3-18,30-31,34,39H,2,19-23H2,1H3,(H2,37,38,41). The van der Waals surface area contributed by atoms with E-state index >= 15 is 0 Å². The molecule has 3 atom stereocenters. The summed E-state index contributed by atoms with van der Waals surface area (Å²) in [6.45, 7) is 2.11. The van der Waals surface area contributed by atoms with E-state index in [1.54, 1.807) is 24.9 Å². The predicted octanol–water partition coefficient (Wildman–Crippen LogP) is 5.94. The largest absolute Gasteiger partial charge is 0.465 e. The number of thioether (sulfide) groups is 1. The smallest absolute Gasteiger partial charge is 0.325 e. The predicted molar refractivity (Wildman–Crippen MR) is 172 cm³/mol. The van der Waals surface area contributed by atoms with Gasteiger partial charge < -0.3 is 30.0 Å². The average Bonchev–Trinajstić information content (AvgIpc) is 3.09. The third-order valence-electron chi connectivity index (χ3n) is 7.26. The van der Waals surface area contributed by atoms with E-state index in [1.165, 1.54) is 0 Å². The lowest BCUT2D eigenvalue weighted by Crippen LogP contribution is -2.38. The highest BCUT2D eigenvalue weighted by atomic mass is 32.2. The van der Waals surface area contributed by atoms with E-state index in [4.69, 9.17) is 14.2 Å². The zero-order chi connectivity index (χ0) is 31.4. The number of ether oxygens (including phenoxy) is 3. The first-order chi connectivity index (χ1) is 22.0. The van der Waals surface area contributed by atoms with Crippen molar-refractivity contribution >= 4 is 23.8 Å². The summed E-state index contributed by atoms with van der Waals surface area (Å²) in [4.78, 5) is 28.0. The lowest BCUT2D eigenvalue weighted by molar-refractivity contribution is -0.245. The van der Waals surface area contributed by atoms with Gasteiger partial charge in [-0.1, -0.05) is 72.8 Å². The van der Waals surface area contributed by atoms with Crippen LogP contribution in [-0.4, -0.2) is 47.1 Å². The van der Waals surface area contributed by atoms with Crippen molar-refractivity contribution < 1.29 is 28.9 Å². The molecule has 2 amide bonds. The van der Waals surface area contributed by atoms with E-state index in [0.717, 1.165) is 44.2 Å².